The molecule has 0 amide bonds. The van der Waals surface area contributed by atoms with Crippen LogP contribution < -0.4 is 9.80 Å². The maximum Gasteiger partial charge on any atom is 0.124 e. The van der Waals surface area contributed by atoms with Crippen molar-refractivity contribution in [2.24, 2.45) is 0 Å². The Balaban J connectivity index is 0.920. The summed E-state index contributed by atoms with van der Waals surface area (Å²) in [5.74, 6) is 0. The normalized spacial score (nSPS) is 14.2. The van der Waals surface area contributed by atoms with Gasteiger partial charge in [0.05, 0.1) is 37.2 Å². The largest absolute Gasteiger partial charge is 0.310 e. The van der Waals surface area contributed by atoms with Gasteiger partial charge in [0.2, 0.25) is 0 Å². The van der Waals surface area contributed by atoms with Crippen LogP contribution in [0.5, 0.6) is 0 Å². The molecule has 4 nitrogen and oxygen atoms in total. The van der Waals surface area contributed by atoms with Gasteiger partial charge < -0.3 is 9.80 Å². The van der Waals surface area contributed by atoms with Crippen LogP contribution in [0.25, 0.3) is 63.8 Å². The smallest absolute Gasteiger partial charge is 0.124 e. The first kappa shape index (κ1) is 41.4. The van der Waals surface area contributed by atoms with Crippen molar-refractivity contribution in [3.05, 3.63) is 264 Å². The second-order valence-electron chi connectivity index (χ2n) is 19.7. The average Bonchev–Trinajstić information content (AvgIpc) is 4.21. The lowest BCUT2D eigenvalue weighted by atomic mass is 9.70. The highest BCUT2D eigenvalue weighted by atomic mass is 32.1. The Bertz CT molecular complexity index is 4050. The zero-order valence-corrected chi connectivity index (χ0v) is 41.2. The lowest BCUT2D eigenvalue weighted by Gasteiger charge is -2.42. The first-order valence-electron chi connectivity index (χ1n) is 24.6. The molecule has 3 aliphatic rings. The molecule has 2 aromatic heterocycles. The van der Waals surface area contributed by atoms with Gasteiger partial charge in [0, 0.05) is 39.3 Å². The number of aromatic nitrogens is 2. The van der Waals surface area contributed by atoms with Crippen LogP contribution >= 0.6 is 22.7 Å². The van der Waals surface area contributed by atoms with E-state index in [0.29, 0.717) is 0 Å². The van der Waals surface area contributed by atoms with Crippen LogP contribution in [0.3, 0.4) is 0 Å². The number of nitrogens with zero attached hydrogens (tertiary/aromatic N) is 4. The van der Waals surface area contributed by atoms with Gasteiger partial charge in [-0.1, -0.05) is 135 Å². The Hall–Kier alpha value is -8.42. The predicted octanol–water partition coefficient (Wildman–Crippen LogP) is 18.2. The van der Waals surface area contributed by atoms with E-state index in [2.05, 4.69) is 254 Å². The van der Waals surface area contributed by atoms with Crippen LogP contribution in [-0.2, 0) is 10.8 Å². The molecule has 0 N–H and O–H groups in total. The van der Waals surface area contributed by atoms with Gasteiger partial charge >= 0.3 is 0 Å². The Kier molecular flexibility index (Phi) is 8.93. The van der Waals surface area contributed by atoms with Gasteiger partial charge in [-0.3, -0.25) is 0 Å². The maximum atomic E-state index is 5.11. The second-order valence-corrected chi connectivity index (χ2v) is 21.8. The standard InChI is InChI=1S/C66H44N4S2/c1-65(2)53-22-10-13-25-59(53)70(60-37-30-42(38-56(60)65)64-68-58-24-12-15-27-62(58)72-64)46-34-36-50-49-35-33-45(39-54(49)66(55(50)40-46)51-20-8-6-18-47(51)48-19-7-9-21-52(48)66)69(43-16-4-3-5-17-43)44-31-28-41(29-32-44)63-67-57-23-11-14-26-61(57)71-63/h3-40H,1-2H3. The summed E-state index contributed by atoms with van der Waals surface area (Å²) in [7, 11) is 0. The topological polar surface area (TPSA) is 32.3 Å². The first-order valence-corrected chi connectivity index (χ1v) is 26.3. The van der Waals surface area contributed by atoms with Crippen molar-refractivity contribution in [2.45, 2.75) is 24.7 Å². The molecule has 0 fully saturated rings. The number of fused-ring (bicyclic) bond motifs is 14. The molecule has 0 saturated carbocycles. The van der Waals surface area contributed by atoms with Crippen molar-refractivity contribution >= 4 is 77.2 Å². The summed E-state index contributed by atoms with van der Waals surface area (Å²) in [4.78, 5) is 15.0. The summed E-state index contributed by atoms with van der Waals surface area (Å²) in [5.41, 5.74) is 23.2. The zero-order valence-electron chi connectivity index (χ0n) is 39.5. The SMILES string of the molecule is CC1(C)c2ccccc2N(c2ccc3c(c2)C2(c4ccccc4-c4ccccc42)c2cc(N(c4ccccc4)c4ccc(-c5nc6ccccc6s5)cc4)ccc2-3)c2ccc(-c3nc4ccccc4s3)cc21. The lowest BCUT2D eigenvalue weighted by molar-refractivity contribution is 0.632. The van der Waals surface area contributed by atoms with Crippen LogP contribution in [0.2, 0.25) is 0 Å². The fourth-order valence-electron chi connectivity index (χ4n) is 12.3. The van der Waals surface area contributed by atoms with Crippen molar-refractivity contribution in [1.82, 2.24) is 9.97 Å². The number of benzene rings is 10. The number of hydrogen-bond acceptors (Lipinski definition) is 6. The predicted molar refractivity (Wildman–Crippen MR) is 301 cm³/mol. The Morgan fingerprint density at radius 1 is 0.375 bits per heavy atom. The molecule has 2 aliphatic carbocycles. The summed E-state index contributed by atoms with van der Waals surface area (Å²) in [6, 6.07) is 85.2. The molecule has 340 valence electrons. The van der Waals surface area contributed by atoms with Crippen LogP contribution in [0.15, 0.2) is 231 Å². The second kappa shape index (κ2) is 15.5. The molecule has 0 unspecified atom stereocenters. The molecule has 6 heteroatoms. The van der Waals surface area contributed by atoms with Gasteiger partial charge in [0.25, 0.3) is 0 Å². The Labute approximate surface area is 426 Å². The van der Waals surface area contributed by atoms with E-state index in [0.717, 1.165) is 54.9 Å². The lowest BCUT2D eigenvalue weighted by Crippen LogP contribution is -2.31. The fraction of sp³-hybridized carbons (Fsp3) is 0.0606. The quantitative estimate of drug-likeness (QED) is 0.166. The van der Waals surface area contributed by atoms with Crippen molar-refractivity contribution in [3.63, 3.8) is 0 Å². The number of rotatable bonds is 6. The summed E-state index contributed by atoms with van der Waals surface area (Å²) in [6.45, 7) is 4.75. The van der Waals surface area contributed by atoms with Crippen LogP contribution in [0.4, 0.5) is 34.1 Å². The molecule has 15 rings (SSSR count). The van der Waals surface area contributed by atoms with E-state index in [1.807, 2.05) is 0 Å². The monoisotopic (exact) mass is 956 g/mol. The third-order valence-corrected chi connectivity index (χ3v) is 17.7. The van der Waals surface area contributed by atoms with Gasteiger partial charge in [-0.25, -0.2) is 9.97 Å². The van der Waals surface area contributed by atoms with Crippen molar-refractivity contribution in [1.29, 1.82) is 0 Å². The molecule has 72 heavy (non-hydrogen) atoms. The molecule has 1 aliphatic heterocycles. The van der Waals surface area contributed by atoms with E-state index in [1.54, 1.807) is 22.7 Å². The zero-order chi connectivity index (χ0) is 47.7. The van der Waals surface area contributed by atoms with Gasteiger partial charge in [0.1, 0.15) is 10.0 Å². The summed E-state index contributed by atoms with van der Waals surface area (Å²) in [6.07, 6.45) is 0. The van der Waals surface area contributed by atoms with E-state index >= 15 is 0 Å². The van der Waals surface area contributed by atoms with Crippen molar-refractivity contribution in [3.8, 4) is 43.4 Å². The average molecular weight is 957 g/mol. The Morgan fingerprint density at radius 2 is 0.875 bits per heavy atom. The van der Waals surface area contributed by atoms with Gasteiger partial charge in [0.15, 0.2) is 0 Å². The molecular formula is C66H44N4S2. The Morgan fingerprint density at radius 3 is 1.56 bits per heavy atom. The van der Waals surface area contributed by atoms with E-state index < -0.39 is 5.41 Å². The minimum Gasteiger partial charge on any atom is -0.310 e. The highest BCUT2D eigenvalue weighted by molar-refractivity contribution is 7.22. The molecule has 0 saturated heterocycles. The van der Waals surface area contributed by atoms with Gasteiger partial charge in [-0.05, 0) is 165 Å². The highest BCUT2D eigenvalue weighted by Crippen LogP contribution is 2.64. The molecule has 1 spiro atoms. The van der Waals surface area contributed by atoms with Crippen LogP contribution in [0.1, 0.15) is 47.2 Å². The third kappa shape index (κ3) is 5.91. The van der Waals surface area contributed by atoms with Gasteiger partial charge in [-0.2, -0.15) is 0 Å². The summed E-state index contributed by atoms with van der Waals surface area (Å²) < 4.78 is 2.40. The molecule has 0 radical (unpaired) electrons. The van der Waals surface area contributed by atoms with E-state index in [4.69, 9.17) is 9.97 Å². The number of thiazole rings is 2. The summed E-state index contributed by atoms with van der Waals surface area (Å²) in [5, 5.41) is 2.07. The van der Waals surface area contributed by atoms with Crippen molar-refractivity contribution < 1.29 is 0 Å². The number of hydrogen-bond donors (Lipinski definition) is 0. The van der Waals surface area contributed by atoms with Gasteiger partial charge in [-0.15, -0.1) is 22.7 Å². The number of anilines is 6. The third-order valence-electron chi connectivity index (χ3n) is 15.5. The minimum absolute atomic E-state index is 0.260. The molecule has 12 aromatic rings. The van der Waals surface area contributed by atoms with Crippen molar-refractivity contribution in [2.75, 3.05) is 9.80 Å². The molecular weight excluding hydrogens is 913 g/mol. The maximum absolute atomic E-state index is 5.11. The minimum atomic E-state index is -0.586. The molecule has 0 atom stereocenters. The van der Waals surface area contributed by atoms with E-state index in [-0.39, 0.29) is 5.41 Å². The van der Waals surface area contributed by atoms with Crippen LogP contribution in [0, 0.1) is 0 Å². The summed E-state index contributed by atoms with van der Waals surface area (Å²) >= 11 is 3.50. The van der Waals surface area contributed by atoms with E-state index in [1.165, 1.54) is 76.4 Å². The van der Waals surface area contributed by atoms with E-state index in [9.17, 15) is 0 Å². The number of para-hydroxylation sites is 4. The van der Waals surface area contributed by atoms with Crippen LogP contribution in [-0.4, -0.2) is 9.97 Å². The molecule has 3 heterocycles. The molecule has 10 aromatic carbocycles. The molecule has 0 bridgehead atoms. The fourth-order valence-corrected chi connectivity index (χ4v) is 14.2. The first-order chi connectivity index (χ1) is 35.4. The highest BCUT2D eigenvalue weighted by Gasteiger charge is 2.52.